The predicted octanol–water partition coefficient (Wildman–Crippen LogP) is 6.45. The Kier molecular flexibility index (Phi) is 12.2. The van der Waals surface area contributed by atoms with Gasteiger partial charge in [0.1, 0.15) is 11.6 Å². The van der Waals surface area contributed by atoms with Gasteiger partial charge in [-0.05, 0) is 75.3 Å². The van der Waals surface area contributed by atoms with Gasteiger partial charge in [0, 0.05) is 37.3 Å². The average Bonchev–Trinajstić information content (AvgIpc) is 3.58. The zero-order valence-corrected chi connectivity index (χ0v) is 25.6. The second-order valence-electron chi connectivity index (χ2n) is 11.4. The average molecular weight is 634 g/mol. The van der Waals surface area contributed by atoms with Crippen molar-refractivity contribution >= 4 is 60.2 Å². The summed E-state index contributed by atoms with van der Waals surface area (Å²) in [6.07, 6.45) is 13.3. The maximum Gasteiger partial charge on any atom is 0.227 e. The largest absolute Gasteiger partial charge is 0.351 e. The van der Waals surface area contributed by atoms with Crippen LogP contribution in [0.1, 0.15) is 75.8 Å². The van der Waals surface area contributed by atoms with Crippen molar-refractivity contribution in [2.24, 2.45) is 11.7 Å². The molecule has 41 heavy (non-hydrogen) atoms. The van der Waals surface area contributed by atoms with Crippen LogP contribution >= 0.6 is 37.2 Å². The third-order valence-corrected chi connectivity index (χ3v) is 8.65. The van der Waals surface area contributed by atoms with Crippen molar-refractivity contribution in [2.45, 2.75) is 88.8 Å². The van der Waals surface area contributed by atoms with Crippen LogP contribution in [0.5, 0.6) is 0 Å². The van der Waals surface area contributed by atoms with Crippen molar-refractivity contribution in [2.75, 3.05) is 23.8 Å². The molecule has 3 heterocycles. The number of fused-ring (bicyclic) bond motifs is 1. The number of benzene rings is 1. The van der Waals surface area contributed by atoms with E-state index in [2.05, 4.69) is 20.3 Å². The Morgan fingerprint density at radius 3 is 2.29 bits per heavy atom. The van der Waals surface area contributed by atoms with Gasteiger partial charge in [-0.1, -0.05) is 18.9 Å². The van der Waals surface area contributed by atoms with E-state index in [1.165, 1.54) is 18.9 Å². The molecule has 0 radical (unpaired) electrons. The molecule has 1 saturated heterocycles. The number of halogens is 5. The smallest absolute Gasteiger partial charge is 0.227 e. The van der Waals surface area contributed by atoms with Gasteiger partial charge in [-0.3, -0.25) is 0 Å². The normalized spacial score (nSPS) is 22.0. The number of aromatic nitrogens is 4. The fourth-order valence-electron chi connectivity index (χ4n) is 6.35. The zero-order chi connectivity index (χ0) is 26.1. The van der Waals surface area contributed by atoms with E-state index in [1.807, 2.05) is 6.33 Å². The van der Waals surface area contributed by atoms with Crippen molar-refractivity contribution in [3.8, 4) is 0 Å². The van der Waals surface area contributed by atoms with Crippen LogP contribution in [-0.4, -0.2) is 49.7 Å². The molecule has 0 unspecified atom stereocenters. The number of nitrogens with two attached hydrogens (primary N) is 1. The number of hydrogen-bond acceptors (Lipinski definition) is 7. The summed E-state index contributed by atoms with van der Waals surface area (Å²) in [5.74, 6) is 0.742. The van der Waals surface area contributed by atoms with Gasteiger partial charge >= 0.3 is 0 Å². The summed E-state index contributed by atoms with van der Waals surface area (Å²) in [6, 6.07) is 4.94. The Bertz CT molecular complexity index is 1260. The summed E-state index contributed by atoms with van der Waals surface area (Å²) in [5, 5.41) is 5.76. The van der Waals surface area contributed by atoms with Gasteiger partial charge in [0.2, 0.25) is 5.95 Å². The quantitative estimate of drug-likeness (QED) is 0.275. The lowest BCUT2D eigenvalue weighted by Gasteiger charge is -2.32. The van der Waals surface area contributed by atoms with Crippen LogP contribution in [0.3, 0.4) is 0 Å². The van der Waals surface area contributed by atoms with Gasteiger partial charge in [0.05, 0.1) is 6.33 Å². The van der Waals surface area contributed by atoms with Gasteiger partial charge in [0.15, 0.2) is 17.0 Å². The highest BCUT2D eigenvalue weighted by Gasteiger charge is 2.26. The second kappa shape index (κ2) is 15.0. The molecule has 1 aliphatic heterocycles. The number of rotatable bonds is 7. The maximum atomic E-state index is 14.2. The number of hydrogen-bond donors (Lipinski definition) is 3. The maximum absolute atomic E-state index is 14.2. The van der Waals surface area contributed by atoms with E-state index in [0.717, 1.165) is 87.5 Å². The highest BCUT2D eigenvalue weighted by atomic mass is 35.5. The van der Waals surface area contributed by atoms with Gasteiger partial charge in [-0.25, -0.2) is 18.8 Å². The highest BCUT2D eigenvalue weighted by molar-refractivity contribution is 5.86. The lowest BCUT2D eigenvalue weighted by molar-refractivity contribution is 0.215. The summed E-state index contributed by atoms with van der Waals surface area (Å²) >= 11 is 0. The van der Waals surface area contributed by atoms with Crippen LogP contribution in [0.2, 0.25) is 0 Å². The molecule has 3 aromatic rings. The number of nitrogens with one attached hydrogen (secondary N) is 2. The molecule has 0 bridgehead atoms. The van der Waals surface area contributed by atoms with E-state index in [-0.39, 0.29) is 37.2 Å². The Balaban J connectivity index is 0.00000154. The first-order valence-electron chi connectivity index (χ1n) is 14.2. The molecule has 0 amide bonds. The number of hydrazine groups is 1. The third kappa shape index (κ3) is 7.90. The minimum absolute atomic E-state index is 0. The summed E-state index contributed by atoms with van der Waals surface area (Å²) in [7, 11) is 0. The van der Waals surface area contributed by atoms with E-state index in [4.69, 9.17) is 20.7 Å². The van der Waals surface area contributed by atoms with Crippen LogP contribution in [-0.2, 0) is 6.42 Å². The van der Waals surface area contributed by atoms with E-state index < -0.39 is 11.6 Å². The SMILES string of the molecule is Cl.Cl.Cl.N[C@H]1CC[C@H](Nc2nc(NN3CCC(Cc4ccc(F)cc4F)CC3)c3ncn(C4CCCC4)c3n2)CC1. The molecule has 6 rings (SSSR count). The van der Waals surface area contributed by atoms with E-state index in [0.29, 0.717) is 42.0 Å². The molecule has 1 aromatic carbocycles. The monoisotopic (exact) mass is 632 g/mol. The minimum Gasteiger partial charge on any atom is -0.351 e. The Hall–Kier alpha value is -1.98. The minimum atomic E-state index is -0.530. The Labute approximate surface area is 258 Å². The first kappa shape index (κ1) is 33.5. The standard InChI is InChI=1S/C28H38F2N8.3ClH/c29-20-6-5-19(24(30)16-20)15-18-11-13-37(14-12-18)36-26-25-27(38(17-32-25)23-3-1-2-4-23)35-28(34-26)33-22-9-7-21(31)8-10-22;;;/h5-6,16-18,21-23H,1-4,7-15,31H2,(H2,33,34,35,36);3*1H/t21-,22-;;;. The molecule has 2 saturated carbocycles. The summed E-state index contributed by atoms with van der Waals surface area (Å²) in [4.78, 5) is 14.6. The van der Waals surface area contributed by atoms with E-state index in [1.54, 1.807) is 6.07 Å². The summed E-state index contributed by atoms with van der Waals surface area (Å²) < 4.78 is 29.7. The lowest BCUT2D eigenvalue weighted by atomic mass is 9.90. The second-order valence-corrected chi connectivity index (χ2v) is 11.4. The third-order valence-electron chi connectivity index (χ3n) is 8.65. The lowest BCUT2D eigenvalue weighted by Crippen LogP contribution is -2.39. The van der Waals surface area contributed by atoms with Crippen molar-refractivity contribution in [3.05, 3.63) is 41.7 Å². The van der Waals surface area contributed by atoms with Crippen LogP contribution in [0, 0.1) is 17.6 Å². The molecule has 8 nitrogen and oxygen atoms in total. The molecule has 0 atom stereocenters. The van der Waals surface area contributed by atoms with E-state index >= 15 is 0 Å². The molecular weight excluding hydrogens is 593 g/mol. The first-order valence-corrected chi connectivity index (χ1v) is 14.2. The number of imidazole rings is 1. The van der Waals surface area contributed by atoms with Crippen LogP contribution < -0.4 is 16.5 Å². The van der Waals surface area contributed by atoms with Crippen molar-refractivity contribution < 1.29 is 8.78 Å². The molecule has 3 aliphatic rings. The van der Waals surface area contributed by atoms with Crippen LogP contribution in [0.25, 0.3) is 11.2 Å². The fourth-order valence-corrected chi connectivity index (χ4v) is 6.35. The summed E-state index contributed by atoms with van der Waals surface area (Å²) in [5.41, 5.74) is 11.9. The van der Waals surface area contributed by atoms with Crippen LogP contribution in [0.15, 0.2) is 24.5 Å². The summed E-state index contributed by atoms with van der Waals surface area (Å²) in [6.45, 7) is 1.62. The number of anilines is 2. The molecule has 0 spiro atoms. The molecule has 228 valence electrons. The Morgan fingerprint density at radius 2 is 1.61 bits per heavy atom. The topological polar surface area (TPSA) is 96.9 Å². The molecule has 2 aliphatic carbocycles. The molecule has 3 fully saturated rings. The predicted molar refractivity (Wildman–Crippen MR) is 166 cm³/mol. The van der Waals surface area contributed by atoms with Crippen molar-refractivity contribution in [1.82, 2.24) is 24.5 Å². The molecule has 4 N–H and O–H groups in total. The van der Waals surface area contributed by atoms with Crippen molar-refractivity contribution in [1.29, 1.82) is 0 Å². The van der Waals surface area contributed by atoms with Gasteiger partial charge in [0.25, 0.3) is 0 Å². The van der Waals surface area contributed by atoms with Gasteiger partial charge < -0.3 is 21.0 Å². The first-order chi connectivity index (χ1) is 18.5. The highest BCUT2D eigenvalue weighted by Crippen LogP contribution is 2.34. The number of nitrogens with zero attached hydrogens (tertiary/aromatic N) is 5. The van der Waals surface area contributed by atoms with Crippen LogP contribution in [0.4, 0.5) is 20.5 Å². The van der Waals surface area contributed by atoms with Gasteiger partial charge in [-0.2, -0.15) is 9.97 Å². The zero-order valence-electron chi connectivity index (χ0n) is 23.1. The van der Waals surface area contributed by atoms with Crippen molar-refractivity contribution in [3.63, 3.8) is 0 Å². The molecule has 13 heteroatoms. The fraction of sp³-hybridized carbons (Fsp3) is 0.607. The molecular formula is C28H41Cl3F2N8. The Morgan fingerprint density at radius 1 is 0.902 bits per heavy atom. The molecule has 2 aromatic heterocycles. The number of piperidine rings is 1. The van der Waals surface area contributed by atoms with E-state index in [9.17, 15) is 8.78 Å². The van der Waals surface area contributed by atoms with Gasteiger partial charge in [-0.15, -0.1) is 37.2 Å².